The van der Waals surface area contributed by atoms with Gasteiger partial charge in [0.2, 0.25) is 0 Å². The van der Waals surface area contributed by atoms with E-state index in [4.69, 9.17) is 0 Å². The van der Waals surface area contributed by atoms with E-state index in [0.29, 0.717) is 5.71 Å². The van der Waals surface area contributed by atoms with E-state index in [0.717, 1.165) is 11.1 Å². The van der Waals surface area contributed by atoms with Crippen LogP contribution in [-0.4, -0.2) is 16.6 Å². The standard InChI is InChI=1S/C13H14NOP/c1-8-3-5-10(6-4-8)11-7-12(9(2)15)14-13(11)16/h3-7,13,15H,2,16H2,1H3. The van der Waals surface area contributed by atoms with Gasteiger partial charge in [-0.25, -0.2) is 0 Å². The number of hydrogen-bond donors (Lipinski definition) is 1. The molecule has 2 nitrogen and oxygen atoms in total. The number of benzene rings is 1. The third kappa shape index (κ3) is 2.07. The Morgan fingerprint density at radius 1 is 1.38 bits per heavy atom. The fourth-order valence-corrected chi connectivity index (χ4v) is 2.10. The average molecular weight is 231 g/mol. The molecular weight excluding hydrogens is 217 g/mol. The highest BCUT2D eigenvalue weighted by Crippen LogP contribution is 2.30. The van der Waals surface area contributed by atoms with Gasteiger partial charge in [-0.1, -0.05) is 36.4 Å². The van der Waals surface area contributed by atoms with Gasteiger partial charge in [-0.2, -0.15) is 0 Å². The molecule has 0 bridgehead atoms. The summed E-state index contributed by atoms with van der Waals surface area (Å²) in [6.45, 7) is 5.54. The van der Waals surface area contributed by atoms with Crippen molar-refractivity contribution in [2.24, 2.45) is 4.99 Å². The molecule has 1 aromatic rings. The maximum Gasteiger partial charge on any atom is 0.133 e. The number of nitrogens with zero attached hydrogens (tertiary/aromatic N) is 1. The second-order valence-corrected chi connectivity index (χ2v) is 4.50. The van der Waals surface area contributed by atoms with Crippen LogP contribution in [0, 0.1) is 6.92 Å². The van der Waals surface area contributed by atoms with E-state index in [1.54, 1.807) is 0 Å². The molecule has 0 saturated heterocycles. The molecule has 0 aliphatic carbocycles. The molecule has 1 aliphatic rings. The number of aliphatic hydroxyl groups excluding tert-OH is 1. The Morgan fingerprint density at radius 2 is 2.00 bits per heavy atom. The zero-order valence-corrected chi connectivity index (χ0v) is 10.3. The van der Waals surface area contributed by atoms with Gasteiger partial charge >= 0.3 is 0 Å². The summed E-state index contributed by atoms with van der Waals surface area (Å²) in [5.41, 5.74) is 4.02. The minimum Gasteiger partial charge on any atom is -0.506 e. The van der Waals surface area contributed by atoms with Crippen molar-refractivity contribution in [3.63, 3.8) is 0 Å². The van der Waals surface area contributed by atoms with Crippen molar-refractivity contribution >= 4 is 20.5 Å². The largest absolute Gasteiger partial charge is 0.506 e. The lowest BCUT2D eigenvalue weighted by molar-refractivity contribution is 0.446. The van der Waals surface area contributed by atoms with E-state index < -0.39 is 0 Å². The van der Waals surface area contributed by atoms with Crippen LogP contribution in [0.15, 0.2) is 47.7 Å². The van der Waals surface area contributed by atoms with Gasteiger partial charge in [0.25, 0.3) is 0 Å². The number of hydrogen-bond acceptors (Lipinski definition) is 2. The summed E-state index contributed by atoms with van der Waals surface area (Å²) in [7, 11) is 2.66. The fraction of sp³-hybridized carbons (Fsp3) is 0.154. The lowest BCUT2D eigenvalue weighted by Crippen LogP contribution is -1.94. The zero-order valence-electron chi connectivity index (χ0n) is 9.14. The van der Waals surface area contributed by atoms with Crippen LogP contribution in [0.2, 0.25) is 0 Å². The van der Waals surface area contributed by atoms with Gasteiger partial charge in [0.05, 0.1) is 5.78 Å². The Bertz CT molecular complexity index is 485. The fourth-order valence-electron chi connectivity index (χ4n) is 1.65. The van der Waals surface area contributed by atoms with Gasteiger partial charge in [-0.05, 0) is 24.1 Å². The van der Waals surface area contributed by atoms with Crippen molar-refractivity contribution in [3.05, 3.63) is 53.8 Å². The SMILES string of the molecule is C=C(O)C1=NC(P)C(c2ccc(C)cc2)=C1. The van der Waals surface area contributed by atoms with E-state index in [1.165, 1.54) is 5.56 Å². The first kappa shape index (κ1) is 11.1. The van der Waals surface area contributed by atoms with Crippen LogP contribution in [-0.2, 0) is 0 Å². The van der Waals surface area contributed by atoms with Crippen LogP contribution < -0.4 is 0 Å². The van der Waals surface area contributed by atoms with Crippen LogP contribution >= 0.6 is 9.24 Å². The van der Waals surface area contributed by atoms with Crippen molar-refractivity contribution < 1.29 is 5.11 Å². The lowest BCUT2D eigenvalue weighted by Gasteiger charge is -2.07. The zero-order chi connectivity index (χ0) is 11.7. The molecule has 0 aromatic heterocycles. The molecule has 0 fully saturated rings. The first-order valence-corrected chi connectivity index (χ1v) is 5.75. The lowest BCUT2D eigenvalue weighted by atomic mass is 10.0. The quantitative estimate of drug-likeness (QED) is 0.615. The summed E-state index contributed by atoms with van der Waals surface area (Å²) >= 11 is 0. The second-order valence-electron chi connectivity index (χ2n) is 3.87. The summed E-state index contributed by atoms with van der Waals surface area (Å²) in [5.74, 6) is 0.0242. The molecule has 3 heteroatoms. The molecule has 1 aliphatic heterocycles. The Morgan fingerprint density at radius 3 is 2.50 bits per heavy atom. The first-order chi connectivity index (χ1) is 7.58. The molecule has 82 valence electrons. The van der Waals surface area contributed by atoms with Gasteiger partial charge in [0, 0.05) is 0 Å². The van der Waals surface area contributed by atoms with Crippen LogP contribution in [0.25, 0.3) is 5.57 Å². The molecule has 2 rings (SSSR count). The molecule has 1 aromatic carbocycles. The average Bonchev–Trinajstić information content (AvgIpc) is 2.62. The first-order valence-electron chi connectivity index (χ1n) is 5.08. The third-order valence-corrected chi connectivity index (χ3v) is 3.08. The van der Waals surface area contributed by atoms with Crippen LogP contribution in [0.1, 0.15) is 11.1 Å². The van der Waals surface area contributed by atoms with Crippen molar-refractivity contribution in [2.75, 3.05) is 0 Å². The molecule has 0 spiro atoms. The molecule has 0 saturated carbocycles. The van der Waals surface area contributed by atoms with E-state index in [1.807, 2.05) is 6.08 Å². The third-order valence-electron chi connectivity index (χ3n) is 2.57. The summed E-state index contributed by atoms with van der Waals surface area (Å²) in [6.07, 6.45) is 1.88. The molecule has 1 N–H and O–H groups in total. The van der Waals surface area contributed by atoms with E-state index in [9.17, 15) is 5.11 Å². The topological polar surface area (TPSA) is 32.6 Å². The molecule has 2 atom stereocenters. The Hall–Kier alpha value is -1.40. The summed E-state index contributed by atoms with van der Waals surface area (Å²) in [4.78, 5) is 4.31. The molecule has 2 unspecified atom stereocenters. The van der Waals surface area contributed by atoms with Crippen molar-refractivity contribution in [1.29, 1.82) is 0 Å². The van der Waals surface area contributed by atoms with Crippen LogP contribution in [0.4, 0.5) is 0 Å². The minimum absolute atomic E-state index is 0.00149. The molecule has 16 heavy (non-hydrogen) atoms. The summed E-state index contributed by atoms with van der Waals surface area (Å²) in [5, 5.41) is 9.30. The molecule has 0 radical (unpaired) electrons. The molecule has 1 heterocycles. The Balaban J connectivity index is 2.34. The maximum atomic E-state index is 9.30. The smallest absolute Gasteiger partial charge is 0.133 e. The predicted molar refractivity (Wildman–Crippen MR) is 71.9 cm³/mol. The Labute approximate surface area is 97.6 Å². The number of aliphatic imine (C=N–C) groups is 1. The second kappa shape index (κ2) is 4.23. The highest BCUT2D eigenvalue weighted by Gasteiger charge is 2.19. The number of aliphatic hydroxyl groups is 1. The van der Waals surface area contributed by atoms with E-state index in [2.05, 4.69) is 52.0 Å². The number of allylic oxidation sites excluding steroid dienone is 1. The van der Waals surface area contributed by atoms with E-state index in [-0.39, 0.29) is 11.5 Å². The van der Waals surface area contributed by atoms with Crippen LogP contribution in [0.3, 0.4) is 0 Å². The molecule has 0 amide bonds. The van der Waals surface area contributed by atoms with Crippen molar-refractivity contribution in [3.8, 4) is 0 Å². The van der Waals surface area contributed by atoms with Crippen LogP contribution in [0.5, 0.6) is 0 Å². The Kier molecular flexibility index (Phi) is 2.93. The van der Waals surface area contributed by atoms with Gasteiger partial charge in [0.1, 0.15) is 11.5 Å². The minimum atomic E-state index is 0.00149. The maximum absolute atomic E-state index is 9.30. The van der Waals surface area contributed by atoms with Gasteiger partial charge < -0.3 is 5.11 Å². The van der Waals surface area contributed by atoms with Gasteiger partial charge in [-0.3, -0.25) is 4.99 Å². The molecular formula is C13H14NOP. The van der Waals surface area contributed by atoms with E-state index >= 15 is 0 Å². The van der Waals surface area contributed by atoms with Gasteiger partial charge in [0.15, 0.2) is 0 Å². The van der Waals surface area contributed by atoms with Gasteiger partial charge in [-0.15, -0.1) is 9.24 Å². The number of rotatable bonds is 2. The predicted octanol–water partition coefficient (Wildman–Crippen LogP) is 3.11. The van der Waals surface area contributed by atoms with Crippen molar-refractivity contribution in [2.45, 2.75) is 12.7 Å². The van der Waals surface area contributed by atoms with Crippen molar-refractivity contribution in [1.82, 2.24) is 0 Å². The normalized spacial score (nSPS) is 19.2. The summed E-state index contributed by atoms with van der Waals surface area (Å²) < 4.78 is 0. The number of aryl methyl sites for hydroxylation is 1. The highest BCUT2D eigenvalue weighted by atomic mass is 31.0. The monoisotopic (exact) mass is 231 g/mol. The summed E-state index contributed by atoms with van der Waals surface area (Å²) in [6, 6.07) is 8.27. The highest BCUT2D eigenvalue weighted by molar-refractivity contribution is 7.18.